The van der Waals surface area contributed by atoms with Gasteiger partial charge in [0.15, 0.2) is 0 Å². The van der Waals surface area contributed by atoms with Crippen molar-refractivity contribution in [3.63, 3.8) is 0 Å². The van der Waals surface area contributed by atoms with Crippen molar-refractivity contribution in [3.05, 3.63) is 38.0 Å². The molecule has 3 heteroatoms. The lowest BCUT2D eigenvalue weighted by molar-refractivity contribution is 1.48. The number of hydrogen-bond donors (Lipinski definition) is 0. The van der Waals surface area contributed by atoms with Gasteiger partial charge in [0, 0.05) is 13.4 Å². The maximum Gasteiger partial charge on any atom is 0.0462 e. The molecule has 0 aliphatic carbocycles. The van der Waals surface area contributed by atoms with Crippen LogP contribution >= 0.6 is 47.8 Å². The molecule has 0 bridgehead atoms. The molecule has 0 saturated heterocycles. The van der Waals surface area contributed by atoms with Crippen LogP contribution in [0.15, 0.2) is 25.6 Å². The van der Waals surface area contributed by atoms with E-state index in [1.165, 1.54) is 0 Å². The van der Waals surface area contributed by atoms with E-state index in [0.29, 0.717) is 0 Å². The van der Waals surface area contributed by atoms with Gasteiger partial charge in [-0.05, 0) is 66.3 Å². The summed E-state index contributed by atoms with van der Waals surface area (Å²) in [6.07, 6.45) is 0. The molecule has 0 aliphatic rings. The zero-order chi connectivity index (χ0) is 7.72. The van der Waals surface area contributed by atoms with E-state index in [9.17, 15) is 0 Å². The van der Waals surface area contributed by atoms with Crippen molar-refractivity contribution in [2.45, 2.75) is 0 Å². The number of rotatable bonds is 0. The molecule has 1 radical (unpaired) electrons. The van der Waals surface area contributed by atoms with E-state index in [0.717, 1.165) is 19.0 Å². The molecule has 0 N–H and O–H groups in total. The maximum atomic E-state index is 3.82. The molecular weight excluding hydrogens is 324 g/mol. The van der Waals surface area contributed by atoms with Crippen molar-refractivity contribution < 1.29 is 0 Å². The van der Waals surface area contributed by atoms with Gasteiger partial charge in [0.25, 0.3) is 0 Å². The summed E-state index contributed by atoms with van der Waals surface area (Å²) in [5.41, 5.74) is 0.982. The van der Waals surface area contributed by atoms with Crippen LogP contribution in [0.1, 0.15) is 5.56 Å². The molecule has 0 atom stereocenters. The Balaban J connectivity index is 3.34. The summed E-state index contributed by atoms with van der Waals surface area (Å²) in [6.45, 7) is 3.82. The van der Waals surface area contributed by atoms with E-state index in [4.69, 9.17) is 0 Å². The third kappa shape index (κ3) is 1.63. The van der Waals surface area contributed by atoms with E-state index in [2.05, 4.69) is 54.7 Å². The number of hydrogen-bond acceptors (Lipinski definition) is 0. The number of halogens is 3. The van der Waals surface area contributed by atoms with E-state index in [1.807, 2.05) is 12.1 Å². The molecule has 0 aromatic heterocycles. The highest BCUT2D eigenvalue weighted by Crippen LogP contribution is 2.32. The molecule has 0 heterocycles. The largest absolute Gasteiger partial charge is 0.0567 e. The van der Waals surface area contributed by atoms with Gasteiger partial charge in [-0.25, -0.2) is 0 Å². The van der Waals surface area contributed by atoms with Crippen molar-refractivity contribution in [2.75, 3.05) is 0 Å². The minimum Gasteiger partial charge on any atom is -0.0567 e. The standard InChI is InChI=1S/C7H4Br3/c1-4-2-3-5(8)7(10)6(4)9/h2-3H,1H2. The molecule has 0 saturated carbocycles. The molecular formula is C7H4Br3. The summed E-state index contributed by atoms with van der Waals surface area (Å²) in [6, 6.07) is 3.90. The molecule has 1 aromatic rings. The van der Waals surface area contributed by atoms with E-state index < -0.39 is 0 Å². The molecule has 1 rings (SSSR count). The Morgan fingerprint density at radius 1 is 1.00 bits per heavy atom. The Morgan fingerprint density at radius 3 is 2.10 bits per heavy atom. The molecule has 0 aliphatic heterocycles. The molecule has 0 unspecified atom stereocenters. The first kappa shape index (κ1) is 8.75. The Kier molecular flexibility index (Phi) is 2.95. The van der Waals surface area contributed by atoms with Crippen LogP contribution in [0.5, 0.6) is 0 Å². The smallest absolute Gasteiger partial charge is 0.0462 e. The first-order valence-corrected chi connectivity index (χ1v) is 4.96. The zero-order valence-electron chi connectivity index (χ0n) is 5.00. The van der Waals surface area contributed by atoms with Crippen LogP contribution in [0.2, 0.25) is 0 Å². The van der Waals surface area contributed by atoms with Crippen molar-refractivity contribution in [1.29, 1.82) is 0 Å². The third-order valence-electron chi connectivity index (χ3n) is 1.12. The fourth-order valence-electron chi connectivity index (χ4n) is 0.566. The summed E-state index contributed by atoms with van der Waals surface area (Å²) >= 11 is 10.2. The first-order valence-electron chi connectivity index (χ1n) is 2.58. The van der Waals surface area contributed by atoms with Gasteiger partial charge in [-0.2, -0.15) is 0 Å². The van der Waals surface area contributed by atoms with Crippen LogP contribution in [0.25, 0.3) is 0 Å². The molecule has 0 fully saturated rings. The van der Waals surface area contributed by atoms with Gasteiger partial charge in [-0.15, -0.1) is 0 Å². The van der Waals surface area contributed by atoms with Crippen LogP contribution in [-0.4, -0.2) is 0 Å². The second-order valence-electron chi connectivity index (χ2n) is 1.83. The highest BCUT2D eigenvalue weighted by molar-refractivity contribution is 9.14. The lowest BCUT2D eigenvalue weighted by atomic mass is 10.2. The average molecular weight is 328 g/mol. The van der Waals surface area contributed by atoms with Crippen molar-refractivity contribution in [1.82, 2.24) is 0 Å². The molecule has 10 heavy (non-hydrogen) atoms. The SMILES string of the molecule is [CH2]c1ccc(Br)c(Br)c1Br. The second kappa shape index (κ2) is 3.37. The Bertz CT molecular complexity index is 228. The Labute approximate surface area is 85.4 Å². The fourth-order valence-corrected chi connectivity index (χ4v) is 1.89. The van der Waals surface area contributed by atoms with Gasteiger partial charge < -0.3 is 0 Å². The molecule has 0 nitrogen and oxygen atoms in total. The molecule has 53 valence electrons. The minimum atomic E-state index is 0.982. The van der Waals surface area contributed by atoms with Crippen LogP contribution in [0.3, 0.4) is 0 Å². The number of benzene rings is 1. The van der Waals surface area contributed by atoms with Crippen LogP contribution in [0.4, 0.5) is 0 Å². The van der Waals surface area contributed by atoms with Gasteiger partial charge in [0.2, 0.25) is 0 Å². The van der Waals surface area contributed by atoms with Gasteiger partial charge in [0.05, 0.1) is 0 Å². The van der Waals surface area contributed by atoms with Gasteiger partial charge in [-0.1, -0.05) is 6.07 Å². The Hall–Kier alpha value is 0.660. The van der Waals surface area contributed by atoms with Gasteiger partial charge in [-0.3, -0.25) is 0 Å². The normalized spacial score (nSPS) is 10.0. The summed E-state index contributed by atoms with van der Waals surface area (Å²) in [7, 11) is 0. The monoisotopic (exact) mass is 325 g/mol. The first-order chi connectivity index (χ1) is 4.63. The summed E-state index contributed by atoms with van der Waals surface area (Å²) in [4.78, 5) is 0. The second-order valence-corrected chi connectivity index (χ2v) is 4.27. The van der Waals surface area contributed by atoms with Crippen LogP contribution in [-0.2, 0) is 0 Å². The van der Waals surface area contributed by atoms with Crippen molar-refractivity contribution in [2.24, 2.45) is 0 Å². The quantitative estimate of drug-likeness (QED) is 0.628. The van der Waals surface area contributed by atoms with Crippen molar-refractivity contribution >= 4 is 47.8 Å². The summed E-state index contributed by atoms with van der Waals surface area (Å²) in [5.74, 6) is 0. The fraction of sp³-hybridized carbons (Fsp3) is 0. The average Bonchev–Trinajstić information content (AvgIpc) is 1.93. The highest BCUT2D eigenvalue weighted by Gasteiger charge is 2.02. The molecule has 1 aromatic carbocycles. The van der Waals surface area contributed by atoms with Gasteiger partial charge in [0.1, 0.15) is 0 Å². The summed E-state index contributed by atoms with van der Waals surface area (Å²) in [5, 5.41) is 0. The van der Waals surface area contributed by atoms with Crippen molar-refractivity contribution in [3.8, 4) is 0 Å². The lowest BCUT2D eigenvalue weighted by Crippen LogP contribution is -1.77. The topological polar surface area (TPSA) is 0 Å². The van der Waals surface area contributed by atoms with Crippen LogP contribution in [0, 0.1) is 6.92 Å². The zero-order valence-corrected chi connectivity index (χ0v) is 9.75. The molecule has 0 spiro atoms. The van der Waals surface area contributed by atoms with Gasteiger partial charge >= 0.3 is 0 Å². The Morgan fingerprint density at radius 2 is 1.60 bits per heavy atom. The lowest BCUT2D eigenvalue weighted by Gasteiger charge is -2.01. The maximum absolute atomic E-state index is 3.82. The predicted octanol–water partition coefficient (Wildman–Crippen LogP) is 4.16. The summed E-state index contributed by atoms with van der Waals surface area (Å²) < 4.78 is 3.05. The van der Waals surface area contributed by atoms with E-state index in [-0.39, 0.29) is 0 Å². The third-order valence-corrected chi connectivity index (χ3v) is 4.57. The molecule has 0 amide bonds. The van der Waals surface area contributed by atoms with E-state index in [1.54, 1.807) is 0 Å². The predicted molar refractivity (Wildman–Crippen MR) is 54.0 cm³/mol. The minimum absolute atomic E-state index is 0.982. The van der Waals surface area contributed by atoms with E-state index >= 15 is 0 Å². The van der Waals surface area contributed by atoms with Crippen LogP contribution < -0.4 is 0 Å². The highest BCUT2D eigenvalue weighted by atomic mass is 79.9.